The van der Waals surface area contributed by atoms with Gasteiger partial charge in [-0.25, -0.2) is 18.9 Å². The molecule has 0 aliphatic carbocycles. The highest BCUT2D eigenvalue weighted by Crippen LogP contribution is 2.11. The monoisotopic (exact) mass is 411 g/mol. The Labute approximate surface area is 171 Å². The van der Waals surface area contributed by atoms with Crippen LogP contribution in [0.4, 0.5) is 4.39 Å². The lowest BCUT2D eigenvalue weighted by Crippen LogP contribution is -2.37. The highest BCUT2D eigenvalue weighted by Gasteiger charge is 2.14. The topological polar surface area (TPSA) is 82.9 Å². The molecule has 0 amide bonds. The molecule has 1 aromatic carbocycles. The van der Waals surface area contributed by atoms with Crippen LogP contribution in [0.2, 0.25) is 0 Å². The van der Waals surface area contributed by atoms with Crippen LogP contribution in [-0.4, -0.2) is 47.0 Å². The molecule has 4 aromatic rings. The fourth-order valence-corrected chi connectivity index (χ4v) is 3.41. The molecular formula is C20H22FN7O2. The molecule has 0 saturated carbocycles. The van der Waals surface area contributed by atoms with Crippen molar-refractivity contribution in [3.63, 3.8) is 0 Å². The number of rotatable bonds is 6. The van der Waals surface area contributed by atoms with Crippen LogP contribution >= 0.6 is 0 Å². The second kappa shape index (κ2) is 7.71. The lowest BCUT2D eigenvalue weighted by Gasteiger charge is -2.16. The second-order valence-corrected chi connectivity index (χ2v) is 7.32. The van der Waals surface area contributed by atoms with Crippen molar-refractivity contribution in [2.24, 2.45) is 14.1 Å². The number of benzene rings is 1. The van der Waals surface area contributed by atoms with Crippen molar-refractivity contribution >= 4 is 11.2 Å². The van der Waals surface area contributed by atoms with E-state index in [0.29, 0.717) is 30.8 Å². The Balaban J connectivity index is 1.46. The van der Waals surface area contributed by atoms with E-state index < -0.39 is 5.69 Å². The third kappa shape index (κ3) is 3.57. The first-order valence-electron chi connectivity index (χ1n) is 9.44. The minimum atomic E-state index is -0.395. The molecule has 3 heterocycles. The van der Waals surface area contributed by atoms with E-state index in [4.69, 9.17) is 0 Å². The van der Waals surface area contributed by atoms with Gasteiger partial charge in [-0.1, -0.05) is 0 Å². The van der Waals surface area contributed by atoms with E-state index in [0.717, 1.165) is 15.8 Å². The van der Waals surface area contributed by atoms with Gasteiger partial charge in [-0.2, -0.15) is 5.10 Å². The summed E-state index contributed by atoms with van der Waals surface area (Å²) in [6, 6.07) is 6.15. The van der Waals surface area contributed by atoms with Crippen LogP contribution in [0.15, 0.2) is 52.6 Å². The van der Waals surface area contributed by atoms with Crippen molar-refractivity contribution in [2.45, 2.75) is 13.1 Å². The molecule has 0 N–H and O–H groups in total. The Kier molecular flexibility index (Phi) is 5.08. The molecule has 10 heteroatoms. The summed E-state index contributed by atoms with van der Waals surface area (Å²) in [6.07, 6.45) is 5.27. The first-order chi connectivity index (χ1) is 14.3. The number of nitrogens with zero attached hydrogens (tertiary/aromatic N) is 7. The highest BCUT2D eigenvalue weighted by molar-refractivity contribution is 5.69. The molecule has 0 saturated heterocycles. The van der Waals surface area contributed by atoms with Crippen molar-refractivity contribution in [1.29, 1.82) is 0 Å². The van der Waals surface area contributed by atoms with E-state index in [2.05, 4.69) is 15.0 Å². The van der Waals surface area contributed by atoms with Crippen LogP contribution in [0.1, 0.15) is 5.56 Å². The number of imidazole rings is 1. The molecule has 0 unspecified atom stereocenters. The lowest BCUT2D eigenvalue weighted by molar-refractivity contribution is 0.313. The molecule has 4 rings (SSSR count). The molecule has 30 heavy (non-hydrogen) atoms. The number of likely N-dealkylation sites (N-methyl/N-ethyl adjacent to an activating group) is 1. The Morgan fingerprint density at radius 3 is 2.57 bits per heavy atom. The third-order valence-electron chi connectivity index (χ3n) is 5.12. The van der Waals surface area contributed by atoms with E-state index in [-0.39, 0.29) is 11.4 Å². The van der Waals surface area contributed by atoms with Crippen LogP contribution in [-0.2, 0) is 27.2 Å². The molecule has 0 spiro atoms. The standard InChI is InChI=1S/C20H22FN7O2/c1-24(11-14-10-23-28(12-14)16-6-4-15(21)5-7-16)8-9-27-13-22-18-17(27)19(29)26(3)20(30)25(18)2/h4-7,10,12-13H,8-9,11H2,1-3H3. The van der Waals surface area contributed by atoms with Crippen molar-refractivity contribution in [2.75, 3.05) is 13.6 Å². The van der Waals surface area contributed by atoms with Gasteiger partial charge in [-0.05, 0) is 31.3 Å². The SMILES string of the molecule is CN(CCn1cnc2c1c(=O)n(C)c(=O)n2C)Cc1cnn(-c2ccc(F)cc2)c1. The van der Waals surface area contributed by atoms with Gasteiger partial charge in [0.1, 0.15) is 5.82 Å². The van der Waals surface area contributed by atoms with E-state index in [1.807, 2.05) is 13.2 Å². The van der Waals surface area contributed by atoms with Crippen LogP contribution < -0.4 is 11.2 Å². The number of fused-ring (bicyclic) bond motifs is 1. The van der Waals surface area contributed by atoms with Crippen molar-refractivity contribution in [3.05, 3.63) is 75.2 Å². The molecule has 0 bridgehead atoms. The summed E-state index contributed by atoms with van der Waals surface area (Å²) >= 11 is 0. The summed E-state index contributed by atoms with van der Waals surface area (Å²) in [4.78, 5) is 30.9. The van der Waals surface area contributed by atoms with Crippen LogP contribution in [0.5, 0.6) is 0 Å². The first kappa shape index (κ1) is 19.8. The predicted octanol–water partition coefficient (Wildman–Crippen LogP) is 0.890. The Morgan fingerprint density at radius 2 is 1.83 bits per heavy atom. The normalized spacial score (nSPS) is 11.6. The zero-order chi connectivity index (χ0) is 21.4. The Hall–Kier alpha value is -3.53. The van der Waals surface area contributed by atoms with Crippen LogP contribution in [0, 0.1) is 5.82 Å². The smallest absolute Gasteiger partial charge is 0.323 e. The summed E-state index contributed by atoms with van der Waals surface area (Å²) in [5.74, 6) is -0.284. The molecule has 3 aromatic heterocycles. The molecule has 0 aliphatic rings. The maximum absolute atomic E-state index is 13.1. The molecule has 0 atom stereocenters. The van der Waals surface area contributed by atoms with Gasteiger partial charge in [-0.3, -0.25) is 13.9 Å². The molecule has 9 nitrogen and oxygen atoms in total. The minimum Gasteiger partial charge on any atom is -0.323 e. The van der Waals surface area contributed by atoms with E-state index in [1.165, 1.54) is 23.7 Å². The molecule has 0 aliphatic heterocycles. The van der Waals surface area contributed by atoms with Gasteiger partial charge in [-0.15, -0.1) is 0 Å². The zero-order valence-corrected chi connectivity index (χ0v) is 17.0. The zero-order valence-electron chi connectivity index (χ0n) is 17.0. The number of hydrogen-bond donors (Lipinski definition) is 0. The largest absolute Gasteiger partial charge is 0.332 e. The van der Waals surface area contributed by atoms with Gasteiger partial charge in [0.2, 0.25) is 0 Å². The average molecular weight is 411 g/mol. The summed E-state index contributed by atoms with van der Waals surface area (Å²) in [6.45, 7) is 1.87. The van der Waals surface area contributed by atoms with Gasteiger partial charge in [0, 0.05) is 45.5 Å². The summed E-state index contributed by atoms with van der Waals surface area (Å²) in [5.41, 5.74) is 1.84. The highest BCUT2D eigenvalue weighted by atomic mass is 19.1. The second-order valence-electron chi connectivity index (χ2n) is 7.32. The fraction of sp³-hybridized carbons (Fsp3) is 0.300. The van der Waals surface area contributed by atoms with E-state index in [1.54, 1.807) is 41.0 Å². The Bertz CT molecular complexity index is 1310. The van der Waals surface area contributed by atoms with E-state index in [9.17, 15) is 14.0 Å². The molecule has 0 radical (unpaired) electrons. The van der Waals surface area contributed by atoms with Crippen molar-refractivity contribution in [3.8, 4) is 5.69 Å². The van der Waals surface area contributed by atoms with Gasteiger partial charge in [0.15, 0.2) is 11.2 Å². The fourth-order valence-electron chi connectivity index (χ4n) is 3.41. The lowest BCUT2D eigenvalue weighted by atomic mass is 10.3. The van der Waals surface area contributed by atoms with Gasteiger partial charge in [0.05, 0.1) is 18.2 Å². The van der Waals surface area contributed by atoms with Crippen molar-refractivity contribution < 1.29 is 4.39 Å². The van der Waals surface area contributed by atoms with Gasteiger partial charge >= 0.3 is 5.69 Å². The molecule has 0 fully saturated rings. The maximum atomic E-state index is 13.1. The number of hydrogen-bond acceptors (Lipinski definition) is 5. The van der Waals surface area contributed by atoms with Crippen LogP contribution in [0.3, 0.4) is 0 Å². The quantitative estimate of drug-likeness (QED) is 0.471. The summed E-state index contributed by atoms with van der Waals surface area (Å²) in [7, 11) is 5.04. The van der Waals surface area contributed by atoms with Crippen molar-refractivity contribution in [1.82, 2.24) is 33.4 Å². The molecular weight excluding hydrogens is 389 g/mol. The summed E-state index contributed by atoms with van der Waals surface area (Å²) in [5, 5.41) is 4.34. The van der Waals surface area contributed by atoms with Gasteiger partial charge in [0.25, 0.3) is 5.56 Å². The average Bonchev–Trinajstić information content (AvgIpc) is 3.37. The van der Waals surface area contributed by atoms with Crippen LogP contribution in [0.25, 0.3) is 16.9 Å². The Morgan fingerprint density at radius 1 is 1.10 bits per heavy atom. The number of aromatic nitrogens is 6. The first-order valence-corrected chi connectivity index (χ1v) is 9.44. The minimum absolute atomic E-state index is 0.284. The maximum Gasteiger partial charge on any atom is 0.332 e. The van der Waals surface area contributed by atoms with E-state index >= 15 is 0 Å². The number of halogens is 1. The van der Waals surface area contributed by atoms with Gasteiger partial charge < -0.3 is 9.47 Å². The predicted molar refractivity (Wildman–Crippen MR) is 110 cm³/mol. The molecule has 156 valence electrons. The number of aryl methyl sites for hydroxylation is 1. The summed E-state index contributed by atoms with van der Waals surface area (Å²) < 4.78 is 19.0. The third-order valence-corrected chi connectivity index (χ3v) is 5.12.